The highest BCUT2D eigenvalue weighted by molar-refractivity contribution is 5.56. The summed E-state index contributed by atoms with van der Waals surface area (Å²) in [6.45, 7) is 3.00. The summed E-state index contributed by atoms with van der Waals surface area (Å²) in [5.74, 6) is -0.425. The monoisotopic (exact) mass is 255 g/mol. The third kappa shape index (κ3) is 2.48. The van der Waals surface area contributed by atoms with Gasteiger partial charge >= 0.3 is 0 Å². The summed E-state index contributed by atoms with van der Waals surface area (Å²) in [6, 6.07) is 4.51. The van der Waals surface area contributed by atoms with Gasteiger partial charge in [0.15, 0.2) is 0 Å². The molecule has 0 spiro atoms. The molecule has 1 aromatic carbocycles. The summed E-state index contributed by atoms with van der Waals surface area (Å²) in [4.78, 5) is 1.90. The summed E-state index contributed by atoms with van der Waals surface area (Å²) in [7, 11) is 0. The maximum absolute atomic E-state index is 13.8. The van der Waals surface area contributed by atoms with E-state index in [1.54, 1.807) is 12.1 Å². The minimum Gasteiger partial charge on any atom is -0.394 e. The van der Waals surface area contributed by atoms with Crippen molar-refractivity contribution in [2.24, 2.45) is 0 Å². The molecule has 1 fully saturated rings. The molecule has 1 aliphatic rings. The molecule has 1 aliphatic heterocycles. The molecule has 0 aliphatic carbocycles. The summed E-state index contributed by atoms with van der Waals surface area (Å²) in [6.07, 6.45) is -0.886. The number of halogens is 1. The highest BCUT2D eigenvalue weighted by Crippen LogP contribution is 2.31. The fourth-order valence-electron chi connectivity index (χ4n) is 2.31. The van der Waals surface area contributed by atoms with Gasteiger partial charge in [0.25, 0.3) is 0 Å². The van der Waals surface area contributed by atoms with Gasteiger partial charge in [-0.1, -0.05) is 6.07 Å². The number of hydrogen-bond donors (Lipinski definition) is 2. The Morgan fingerprint density at radius 2 is 2.33 bits per heavy atom. The summed E-state index contributed by atoms with van der Waals surface area (Å²) in [5, 5.41) is 19.1. The molecule has 1 unspecified atom stereocenters. The molecule has 0 amide bonds. The number of aliphatic hydroxyl groups is 2. The zero-order chi connectivity index (χ0) is 13.1. The zero-order valence-corrected chi connectivity index (χ0v) is 10.3. The molecule has 2 N–H and O–H groups in total. The standard InChI is InChI=1S/C13H18FNO3/c1-9(17)13-11(14)3-2-4-12(13)15-5-6-18-8-10(15)7-16/h2-4,9-10,16-17H,5-8H2,1H3/t9-,10?/m0/s1. The van der Waals surface area contributed by atoms with Crippen molar-refractivity contribution in [1.29, 1.82) is 0 Å². The van der Waals surface area contributed by atoms with Crippen LogP contribution in [-0.4, -0.2) is 42.6 Å². The molecule has 1 heterocycles. The van der Waals surface area contributed by atoms with E-state index in [1.165, 1.54) is 13.0 Å². The van der Waals surface area contributed by atoms with Gasteiger partial charge in [-0.15, -0.1) is 0 Å². The van der Waals surface area contributed by atoms with Crippen molar-refractivity contribution in [1.82, 2.24) is 0 Å². The number of rotatable bonds is 3. The first-order valence-corrected chi connectivity index (χ1v) is 6.07. The number of benzene rings is 1. The summed E-state index contributed by atoms with van der Waals surface area (Å²) < 4.78 is 19.1. The highest BCUT2D eigenvalue weighted by Gasteiger charge is 2.26. The average molecular weight is 255 g/mol. The van der Waals surface area contributed by atoms with Crippen LogP contribution < -0.4 is 4.90 Å². The SMILES string of the molecule is C[C@H](O)c1c(F)cccc1N1CCOCC1CO. The van der Waals surface area contributed by atoms with Crippen molar-refractivity contribution in [3.05, 3.63) is 29.6 Å². The molecule has 1 saturated heterocycles. The number of aliphatic hydroxyl groups excluding tert-OH is 2. The van der Waals surface area contributed by atoms with Crippen LogP contribution in [0.4, 0.5) is 10.1 Å². The van der Waals surface area contributed by atoms with Gasteiger partial charge in [-0.2, -0.15) is 0 Å². The van der Waals surface area contributed by atoms with E-state index in [1.807, 2.05) is 4.90 Å². The number of hydrogen-bond acceptors (Lipinski definition) is 4. The second-order valence-electron chi connectivity index (χ2n) is 4.45. The van der Waals surface area contributed by atoms with E-state index in [0.717, 1.165) is 0 Å². The topological polar surface area (TPSA) is 52.9 Å². The van der Waals surface area contributed by atoms with Crippen LogP contribution in [0.1, 0.15) is 18.6 Å². The molecule has 5 heteroatoms. The second kappa shape index (κ2) is 5.65. The molecule has 4 nitrogen and oxygen atoms in total. The molecule has 18 heavy (non-hydrogen) atoms. The van der Waals surface area contributed by atoms with Crippen LogP contribution in [-0.2, 0) is 4.74 Å². The molecule has 0 saturated carbocycles. The predicted octanol–water partition coefficient (Wildman–Crippen LogP) is 1.08. The fourth-order valence-corrected chi connectivity index (χ4v) is 2.31. The third-order valence-corrected chi connectivity index (χ3v) is 3.20. The van der Waals surface area contributed by atoms with Crippen molar-refractivity contribution in [2.75, 3.05) is 31.3 Å². The normalized spacial score (nSPS) is 22.0. The van der Waals surface area contributed by atoms with Crippen molar-refractivity contribution in [2.45, 2.75) is 19.1 Å². The first-order chi connectivity index (χ1) is 8.65. The second-order valence-corrected chi connectivity index (χ2v) is 4.45. The highest BCUT2D eigenvalue weighted by atomic mass is 19.1. The van der Waals surface area contributed by atoms with Crippen molar-refractivity contribution >= 4 is 5.69 Å². The van der Waals surface area contributed by atoms with E-state index < -0.39 is 11.9 Å². The summed E-state index contributed by atoms with van der Waals surface area (Å²) >= 11 is 0. The van der Waals surface area contributed by atoms with Gasteiger partial charge in [-0.25, -0.2) is 4.39 Å². The smallest absolute Gasteiger partial charge is 0.131 e. The van der Waals surface area contributed by atoms with Crippen LogP contribution >= 0.6 is 0 Å². The van der Waals surface area contributed by atoms with Crippen LogP contribution in [0.25, 0.3) is 0 Å². The molecular weight excluding hydrogens is 237 g/mol. The minimum absolute atomic E-state index is 0.0598. The van der Waals surface area contributed by atoms with E-state index in [4.69, 9.17) is 4.74 Å². The van der Waals surface area contributed by atoms with Gasteiger partial charge < -0.3 is 19.8 Å². The molecule has 0 bridgehead atoms. The Hall–Kier alpha value is -1.17. The largest absolute Gasteiger partial charge is 0.394 e. The van der Waals surface area contributed by atoms with Gasteiger partial charge in [-0.05, 0) is 19.1 Å². The van der Waals surface area contributed by atoms with Crippen LogP contribution in [0.15, 0.2) is 18.2 Å². The Morgan fingerprint density at radius 1 is 1.56 bits per heavy atom. The average Bonchev–Trinajstić information content (AvgIpc) is 2.38. The van der Waals surface area contributed by atoms with Gasteiger partial charge in [0, 0.05) is 17.8 Å². The lowest BCUT2D eigenvalue weighted by Gasteiger charge is -2.37. The number of ether oxygens (including phenoxy) is 1. The Morgan fingerprint density at radius 3 is 3.00 bits per heavy atom. The van der Waals surface area contributed by atoms with E-state index in [0.29, 0.717) is 25.4 Å². The van der Waals surface area contributed by atoms with E-state index in [-0.39, 0.29) is 18.2 Å². The Bertz CT molecular complexity index is 411. The van der Waals surface area contributed by atoms with Crippen molar-refractivity contribution in [3.63, 3.8) is 0 Å². The lowest BCUT2D eigenvalue weighted by atomic mass is 10.0. The van der Waals surface area contributed by atoms with Crippen LogP contribution in [0.5, 0.6) is 0 Å². The van der Waals surface area contributed by atoms with E-state index in [2.05, 4.69) is 0 Å². The van der Waals surface area contributed by atoms with E-state index >= 15 is 0 Å². The third-order valence-electron chi connectivity index (χ3n) is 3.20. The summed E-state index contributed by atoms with van der Waals surface area (Å²) in [5.41, 5.74) is 0.908. The molecule has 100 valence electrons. The maximum atomic E-state index is 13.8. The number of anilines is 1. The van der Waals surface area contributed by atoms with Crippen LogP contribution in [0, 0.1) is 5.82 Å². The quantitative estimate of drug-likeness (QED) is 0.848. The van der Waals surface area contributed by atoms with Gasteiger partial charge in [0.1, 0.15) is 5.82 Å². The molecule has 2 atom stereocenters. The lowest BCUT2D eigenvalue weighted by Crippen LogP contribution is -2.48. The maximum Gasteiger partial charge on any atom is 0.131 e. The van der Waals surface area contributed by atoms with Gasteiger partial charge in [-0.3, -0.25) is 0 Å². The molecule has 0 radical (unpaired) electrons. The predicted molar refractivity (Wildman–Crippen MR) is 66.1 cm³/mol. The number of nitrogens with zero attached hydrogens (tertiary/aromatic N) is 1. The molecular formula is C13H18FNO3. The fraction of sp³-hybridized carbons (Fsp3) is 0.538. The van der Waals surface area contributed by atoms with Crippen LogP contribution in [0.2, 0.25) is 0 Å². The van der Waals surface area contributed by atoms with Crippen molar-refractivity contribution in [3.8, 4) is 0 Å². The molecule has 0 aromatic heterocycles. The molecule has 1 aromatic rings. The Kier molecular flexibility index (Phi) is 4.16. The van der Waals surface area contributed by atoms with Gasteiger partial charge in [0.2, 0.25) is 0 Å². The Labute approximate surface area is 106 Å². The van der Waals surface area contributed by atoms with Crippen molar-refractivity contribution < 1.29 is 19.3 Å². The van der Waals surface area contributed by atoms with Crippen LogP contribution in [0.3, 0.4) is 0 Å². The van der Waals surface area contributed by atoms with E-state index in [9.17, 15) is 14.6 Å². The minimum atomic E-state index is -0.886. The Balaban J connectivity index is 2.39. The lowest BCUT2D eigenvalue weighted by molar-refractivity contribution is 0.0722. The number of morpholine rings is 1. The first-order valence-electron chi connectivity index (χ1n) is 6.07. The van der Waals surface area contributed by atoms with Gasteiger partial charge in [0.05, 0.1) is 32.0 Å². The molecule has 2 rings (SSSR count). The first kappa shape index (κ1) is 13.3. The zero-order valence-electron chi connectivity index (χ0n) is 10.3.